The Labute approximate surface area is 121 Å². The smallest absolute Gasteiger partial charge is 0.294 e. The summed E-state index contributed by atoms with van der Waals surface area (Å²) in [6.07, 6.45) is 2.79. The molecule has 2 rings (SSSR count). The van der Waals surface area contributed by atoms with Gasteiger partial charge in [0.05, 0.1) is 9.95 Å². The highest BCUT2D eigenvalue weighted by Gasteiger charge is 2.26. The van der Waals surface area contributed by atoms with E-state index in [4.69, 9.17) is 17.3 Å². The average molecular weight is 302 g/mol. The number of hydrogen-bond donors (Lipinski definition) is 1. The van der Waals surface area contributed by atoms with E-state index in [9.17, 15) is 14.5 Å². The third-order valence-electron chi connectivity index (χ3n) is 3.74. The highest BCUT2D eigenvalue weighted by atomic mass is 35.5. The number of benzene rings is 1. The fraction of sp³-hybridized carbons (Fsp3) is 0.538. The molecule has 0 saturated carbocycles. The topological polar surface area (TPSA) is 72.4 Å². The van der Waals surface area contributed by atoms with Crippen molar-refractivity contribution >= 4 is 23.0 Å². The molecule has 2 N–H and O–H groups in total. The Morgan fingerprint density at radius 1 is 1.45 bits per heavy atom. The van der Waals surface area contributed by atoms with Crippen LogP contribution in [-0.2, 0) is 0 Å². The van der Waals surface area contributed by atoms with Crippen LogP contribution in [0.15, 0.2) is 12.1 Å². The van der Waals surface area contributed by atoms with Crippen molar-refractivity contribution in [3.8, 4) is 0 Å². The van der Waals surface area contributed by atoms with Gasteiger partial charge in [0.15, 0.2) is 0 Å². The molecule has 20 heavy (non-hydrogen) atoms. The van der Waals surface area contributed by atoms with Crippen LogP contribution in [0.2, 0.25) is 5.02 Å². The molecule has 1 saturated heterocycles. The van der Waals surface area contributed by atoms with Gasteiger partial charge in [-0.1, -0.05) is 11.6 Å². The molecular formula is C13H17ClFN3O2. The van der Waals surface area contributed by atoms with Crippen molar-refractivity contribution in [1.82, 2.24) is 0 Å². The average Bonchev–Trinajstić information content (AvgIpc) is 2.42. The van der Waals surface area contributed by atoms with Gasteiger partial charge in [0.2, 0.25) is 0 Å². The predicted octanol–water partition coefficient (Wildman–Crippen LogP) is 2.95. The van der Waals surface area contributed by atoms with Crippen molar-refractivity contribution in [2.75, 3.05) is 24.5 Å². The number of rotatable bonds is 4. The van der Waals surface area contributed by atoms with Gasteiger partial charge in [-0.3, -0.25) is 10.1 Å². The van der Waals surface area contributed by atoms with Crippen LogP contribution in [-0.4, -0.2) is 24.6 Å². The van der Waals surface area contributed by atoms with E-state index in [0.29, 0.717) is 31.2 Å². The fourth-order valence-electron chi connectivity index (χ4n) is 2.62. The van der Waals surface area contributed by atoms with Gasteiger partial charge in [-0.25, -0.2) is 4.39 Å². The van der Waals surface area contributed by atoms with E-state index >= 15 is 0 Å². The molecule has 1 heterocycles. The highest BCUT2D eigenvalue weighted by molar-refractivity contribution is 6.31. The minimum absolute atomic E-state index is 0.145. The van der Waals surface area contributed by atoms with Gasteiger partial charge in [-0.05, 0) is 31.7 Å². The van der Waals surface area contributed by atoms with Crippen LogP contribution in [0, 0.1) is 21.8 Å². The number of nitro groups is 1. The number of nitro benzene ring substituents is 1. The van der Waals surface area contributed by atoms with Crippen molar-refractivity contribution in [1.29, 1.82) is 0 Å². The van der Waals surface area contributed by atoms with Crippen LogP contribution in [0.25, 0.3) is 0 Å². The zero-order valence-electron chi connectivity index (χ0n) is 11.0. The monoisotopic (exact) mass is 301 g/mol. The largest absolute Gasteiger partial charge is 0.366 e. The molecule has 0 bridgehead atoms. The minimum atomic E-state index is -0.628. The third kappa shape index (κ3) is 3.19. The lowest BCUT2D eigenvalue weighted by Gasteiger charge is -2.33. The van der Waals surface area contributed by atoms with Gasteiger partial charge >= 0.3 is 0 Å². The molecule has 0 aromatic heterocycles. The van der Waals surface area contributed by atoms with Gasteiger partial charge in [-0.15, -0.1) is 0 Å². The van der Waals surface area contributed by atoms with Crippen molar-refractivity contribution in [2.24, 2.45) is 11.7 Å². The van der Waals surface area contributed by atoms with E-state index in [2.05, 4.69) is 0 Å². The Morgan fingerprint density at radius 3 is 2.65 bits per heavy atom. The summed E-state index contributed by atoms with van der Waals surface area (Å²) >= 11 is 5.62. The molecule has 0 unspecified atom stereocenters. The summed E-state index contributed by atoms with van der Waals surface area (Å²) in [6, 6.07) is 2.24. The van der Waals surface area contributed by atoms with E-state index in [1.54, 1.807) is 0 Å². The van der Waals surface area contributed by atoms with Gasteiger partial charge in [-0.2, -0.15) is 0 Å². The Hall–Kier alpha value is -1.40. The molecule has 0 radical (unpaired) electrons. The van der Waals surface area contributed by atoms with Crippen molar-refractivity contribution < 1.29 is 9.31 Å². The number of hydrogen-bond acceptors (Lipinski definition) is 4. The number of piperidine rings is 1. The molecule has 1 aromatic carbocycles. The second kappa shape index (κ2) is 6.37. The van der Waals surface area contributed by atoms with Crippen LogP contribution in [0.1, 0.15) is 19.3 Å². The molecular weight excluding hydrogens is 285 g/mol. The van der Waals surface area contributed by atoms with E-state index in [1.807, 2.05) is 4.90 Å². The standard InChI is InChI=1S/C13H17ClFN3O2/c14-10-7-13(18(19)20)12(8-11(10)15)17-5-2-9(1-4-16)3-6-17/h7-9H,1-6,16H2. The first-order valence-electron chi connectivity index (χ1n) is 6.61. The van der Waals surface area contributed by atoms with E-state index in [1.165, 1.54) is 0 Å². The SMILES string of the molecule is NCCC1CCN(c2cc(F)c(Cl)cc2[N+](=O)[O-])CC1. The maximum Gasteiger partial charge on any atom is 0.294 e. The van der Waals surface area contributed by atoms with Gasteiger partial charge in [0.1, 0.15) is 11.5 Å². The van der Waals surface area contributed by atoms with Crippen LogP contribution >= 0.6 is 11.6 Å². The molecule has 0 atom stereocenters. The molecule has 1 aliphatic rings. The molecule has 7 heteroatoms. The summed E-state index contributed by atoms with van der Waals surface area (Å²) < 4.78 is 13.6. The van der Waals surface area contributed by atoms with Crippen LogP contribution in [0.5, 0.6) is 0 Å². The summed E-state index contributed by atoms with van der Waals surface area (Å²) in [5.74, 6) is -0.0798. The lowest BCUT2D eigenvalue weighted by atomic mass is 9.93. The minimum Gasteiger partial charge on any atom is -0.366 e. The summed E-state index contributed by atoms with van der Waals surface area (Å²) in [6.45, 7) is 2.00. The first-order valence-corrected chi connectivity index (χ1v) is 6.99. The van der Waals surface area contributed by atoms with E-state index in [-0.39, 0.29) is 10.7 Å². The Morgan fingerprint density at radius 2 is 2.10 bits per heavy atom. The molecule has 0 spiro atoms. The number of nitrogens with zero attached hydrogens (tertiary/aromatic N) is 2. The van der Waals surface area contributed by atoms with Gasteiger partial charge < -0.3 is 10.6 Å². The molecule has 1 fully saturated rings. The van der Waals surface area contributed by atoms with Crippen molar-refractivity contribution in [3.63, 3.8) is 0 Å². The normalized spacial score (nSPS) is 16.4. The van der Waals surface area contributed by atoms with Crippen LogP contribution < -0.4 is 10.6 Å². The molecule has 5 nitrogen and oxygen atoms in total. The first kappa shape index (κ1) is 15.0. The summed E-state index contributed by atoms with van der Waals surface area (Å²) in [5.41, 5.74) is 5.70. The van der Waals surface area contributed by atoms with Crippen molar-refractivity contribution in [2.45, 2.75) is 19.3 Å². The molecule has 0 aliphatic carbocycles. The van der Waals surface area contributed by atoms with E-state index < -0.39 is 10.7 Å². The first-order chi connectivity index (χ1) is 9.52. The van der Waals surface area contributed by atoms with E-state index in [0.717, 1.165) is 31.4 Å². The maximum absolute atomic E-state index is 13.6. The lowest BCUT2D eigenvalue weighted by molar-refractivity contribution is -0.384. The fourth-order valence-corrected chi connectivity index (χ4v) is 2.78. The summed E-state index contributed by atoms with van der Waals surface area (Å²) in [5, 5.41) is 10.9. The zero-order chi connectivity index (χ0) is 14.7. The second-order valence-corrected chi connectivity index (χ2v) is 5.43. The summed E-state index contributed by atoms with van der Waals surface area (Å²) in [4.78, 5) is 12.4. The van der Waals surface area contributed by atoms with Crippen LogP contribution in [0.3, 0.4) is 0 Å². The molecule has 110 valence electrons. The lowest BCUT2D eigenvalue weighted by Crippen LogP contribution is -2.34. The second-order valence-electron chi connectivity index (χ2n) is 5.02. The Balaban J connectivity index is 2.21. The predicted molar refractivity (Wildman–Crippen MR) is 76.7 cm³/mol. The Bertz CT molecular complexity index is 505. The van der Waals surface area contributed by atoms with Gasteiger partial charge in [0.25, 0.3) is 5.69 Å². The van der Waals surface area contributed by atoms with Crippen molar-refractivity contribution in [3.05, 3.63) is 33.1 Å². The molecule has 1 aliphatic heterocycles. The van der Waals surface area contributed by atoms with Crippen LogP contribution in [0.4, 0.5) is 15.8 Å². The third-order valence-corrected chi connectivity index (χ3v) is 4.03. The number of halogens is 2. The zero-order valence-corrected chi connectivity index (χ0v) is 11.8. The maximum atomic E-state index is 13.6. The molecule has 0 amide bonds. The molecule has 1 aromatic rings. The number of anilines is 1. The highest BCUT2D eigenvalue weighted by Crippen LogP contribution is 2.35. The summed E-state index contributed by atoms with van der Waals surface area (Å²) in [7, 11) is 0. The quantitative estimate of drug-likeness (QED) is 0.685. The Kier molecular flexibility index (Phi) is 4.77. The van der Waals surface area contributed by atoms with Gasteiger partial charge in [0, 0.05) is 25.2 Å². The number of nitrogens with two attached hydrogens (primary N) is 1.